The van der Waals surface area contributed by atoms with Crippen LogP contribution in [0.25, 0.3) is 0 Å². The highest BCUT2D eigenvalue weighted by molar-refractivity contribution is 7.90. The average Bonchev–Trinajstić information content (AvgIpc) is 2.38. The van der Waals surface area contributed by atoms with Crippen LogP contribution in [0.3, 0.4) is 0 Å². The Morgan fingerprint density at radius 2 is 1.80 bits per heavy atom. The predicted octanol–water partition coefficient (Wildman–Crippen LogP) is -0.273. The molecule has 7 nitrogen and oxygen atoms in total. The van der Waals surface area contributed by atoms with E-state index in [4.69, 9.17) is 10.2 Å². The first kappa shape index (κ1) is 17.1. The minimum atomic E-state index is -3.96. The lowest BCUT2D eigenvalue weighted by Crippen LogP contribution is -2.32. The van der Waals surface area contributed by atoms with Crippen molar-refractivity contribution < 1.29 is 21.9 Å². The average molecular weight is 322 g/mol. The summed E-state index contributed by atoms with van der Waals surface area (Å²) in [6, 6.07) is 4.91. The number of sulfonamides is 2. The molecule has 0 saturated carbocycles. The molecule has 0 fully saturated rings. The van der Waals surface area contributed by atoms with E-state index in [0.29, 0.717) is 6.42 Å². The van der Waals surface area contributed by atoms with Gasteiger partial charge in [-0.2, -0.15) is 4.31 Å². The molecule has 0 atom stereocenters. The molecule has 0 aliphatic carbocycles. The van der Waals surface area contributed by atoms with Crippen LogP contribution in [0, 0.1) is 0 Å². The van der Waals surface area contributed by atoms with Crippen LogP contribution in [-0.2, 0) is 20.0 Å². The monoisotopic (exact) mass is 322 g/mol. The number of benzene rings is 1. The zero-order chi connectivity index (χ0) is 15.4. The molecule has 0 heterocycles. The van der Waals surface area contributed by atoms with Crippen molar-refractivity contribution in [3.63, 3.8) is 0 Å². The lowest BCUT2D eigenvalue weighted by atomic mass is 10.4. The third-order valence-electron chi connectivity index (χ3n) is 2.69. The Labute approximate surface area is 119 Å². The number of primary sulfonamides is 1. The topological polar surface area (TPSA) is 118 Å². The van der Waals surface area contributed by atoms with Crippen LogP contribution in [0.2, 0.25) is 0 Å². The molecule has 0 radical (unpaired) electrons. The highest BCUT2D eigenvalue weighted by Crippen LogP contribution is 2.19. The second kappa shape index (κ2) is 6.64. The molecular weight excluding hydrogens is 304 g/mol. The zero-order valence-corrected chi connectivity index (χ0v) is 12.7. The normalized spacial score (nSPS) is 12.8. The number of nitrogens with two attached hydrogens (primary N) is 1. The summed E-state index contributed by atoms with van der Waals surface area (Å²) in [5.41, 5.74) is 0. The van der Waals surface area contributed by atoms with Crippen LogP contribution >= 0.6 is 0 Å². The molecule has 0 aliphatic heterocycles. The largest absolute Gasteiger partial charge is 0.396 e. The highest BCUT2D eigenvalue weighted by Gasteiger charge is 2.23. The molecule has 3 N–H and O–H groups in total. The van der Waals surface area contributed by atoms with Crippen molar-refractivity contribution in [3.8, 4) is 0 Å². The third kappa shape index (κ3) is 4.00. The van der Waals surface area contributed by atoms with Gasteiger partial charge in [-0.3, -0.25) is 0 Å². The van der Waals surface area contributed by atoms with Crippen molar-refractivity contribution in [1.82, 2.24) is 4.31 Å². The number of aliphatic hydroxyl groups excluding tert-OH is 1. The van der Waals surface area contributed by atoms with Gasteiger partial charge in [0.2, 0.25) is 20.0 Å². The van der Waals surface area contributed by atoms with E-state index >= 15 is 0 Å². The molecule has 1 rings (SSSR count). The summed E-state index contributed by atoms with van der Waals surface area (Å²) in [5.74, 6) is 0. The van der Waals surface area contributed by atoms with Gasteiger partial charge in [-0.25, -0.2) is 22.0 Å². The Balaban J connectivity index is 3.21. The molecular formula is C11H18N2O5S2. The maximum Gasteiger partial charge on any atom is 0.243 e. The standard InChI is InChI=1S/C11H18N2O5S2/c1-2-13(7-4-8-14)20(17,18)11-6-3-5-10(9-11)19(12,15)16/h3,5-6,9,14H,2,4,7-8H2,1H3,(H2,12,15,16). The van der Waals surface area contributed by atoms with Crippen LogP contribution in [0.15, 0.2) is 34.1 Å². The first-order valence-corrected chi connectivity index (χ1v) is 8.96. The summed E-state index contributed by atoms with van der Waals surface area (Å²) in [6.07, 6.45) is 0.307. The lowest BCUT2D eigenvalue weighted by molar-refractivity contribution is 0.271. The van der Waals surface area contributed by atoms with Gasteiger partial charge in [0.1, 0.15) is 0 Å². The zero-order valence-electron chi connectivity index (χ0n) is 11.1. The van der Waals surface area contributed by atoms with E-state index in [2.05, 4.69) is 0 Å². The van der Waals surface area contributed by atoms with Crippen molar-refractivity contribution in [2.75, 3.05) is 19.7 Å². The minimum Gasteiger partial charge on any atom is -0.396 e. The van der Waals surface area contributed by atoms with Gasteiger partial charge < -0.3 is 5.11 Å². The fourth-order valence-corrected chi connectivity index (χ4v) is 3.82. The highest BCUT2D eigenvalue weighted by atomic mass is 32.2. The van der Waals surface area contributed by atoms with Crippen LogP contribution in [-0.4, -0.2) is 45.9 Å². The Morgan fingerprint density at radius 1 is 1.20 bits per heavy atom. The molecule has 0 bridgehead atoms. The van der Waals surface area contributed by atoms with Gasteiger partial charge in [0.05, 0.1) is 9.79 Å². The summed E-state index contributed by atoms with van der Waals surface area (Å²) >= 11 is 0. The van der Waals surface area contributed by atoms with Crippen molar-refractivity contribution in [2.45, 2.75) is 23.1 Å². The summed E-state index contributed by atoms with van der Waals surface area (Å²) < 4.78 is 48.4. The first-order valence-electron chi connectivity index (χ1n) is 5.97. The Kier molecular flexibility index (Phi) is 5.66. The molecule has 114 valence electrons. The van der Waals surface area contributed by atoms with Crippen LogP contribution in [0.5, 0.6) is 0 Å². The van der Waals surface area contributed by atoms with E-state index in [1.807, 2.05) is 0 Å². The van der Waals surface area contributed by atoms with Gasteiger partial charge in [-0.15, -0.1) is 0 Å². The van der Waals surface area contributed by atoms with E-state index in [-0.39, 0.29) is 29.5 Å². The van der Waals surface area contributed by atoms with E-state index in [1.54, 1.807) is 6.92 Å². The summed E-state index contributed by atoms with van der Waals surface area (Å²) in [7, 11) is -7.76. The Morgan fingerprint density at radius 3 is 2.30 bits per heavy atom. The molecule has 1 aromatic rings. The van der Waals surface area contributed by atoms with Gasteiger partial charge in [-0.1, -0.05) is 13.0 Å². The second-order valence-corrected chi connectivity index (χ2v) is 7.59. The first-order chi connectivity index (χ1) is 9.23. The van der Waals surface area contributed by atoms with Crippen LogP contribution < -0.4 is 5.14 Å². The van der Waals surface area contributed by atoms with Crippen LogP contribution in [0.4, 0.5) is 0 Å². The number of nitrogens with zero attached hydrogens (tertiary/aromatic N) is 1. The van der Waals surface area contributed by atoms with Gasteiger partial charge in [0, 0.05) is 19.7 Å². The molecule has 0 aromatic heterocycles. The van der Waals surface area contributed by atoms with E-state index in [9.17, 15) is 16.8 Å². The molecule has 0 saturated heterocycles. The molecule has 20 heavy (non-hydrogen) atoms. The lowest BCUT2D eigenvalue weighted by Gasteiger charge is -2.20. The fourth-order valence-electron chi connectivity index (χ4n) is 1.66. The van der Waals surface area contributed by atoms with E-state index in [1.165, 1.54) is 22.5 Å². The van der Waals surface area contributed by atoms with Crippen LogP contribution in [0.1, 0.15) is 13.3 Å². The second-order valence-electron chi connectivity index (χ2n) is 4.09. The summed E-state index contributed by atoms with van der Waals surface area (Å²) in [6.45, 7) is 1.93. The quantitative estimate of drug-likeness (QED) is 0.716. The van der Waals surface area contributed by atoms with Crippen molar-refractivity contribution in [2.24, 2.45) is 5.14 Å². The molecule has 0 amide bonds. The van der Waals surface area contributed by atoms with Gasteiger partial charge in [0.15, 0.2) is 0 Å². The third-order valence-corrected chi connectivity index (χ3v) is 5.57. The Hall–Kier alpha value is -1.00. The van der Waals surface area contributed by atoms with E-state index < -0.39 is 20.0 Å². The van der Waals surface area contributed by atoms with E-state index in [0.717, 1.165) is 6.07 Å². The SMILES string of the molecule is CCN(CCCO)S(=O)(=O)c1cccc(S(N)(=O)=O)c1. The summed E-state index contributed by atoms with van der Waals surface area (Å²) in [5, 5.41) is 13.8. The van der Waals surface area contributed by atoms with Crippen molar-refractivity contribution in [1.29, 1.82) is 0 Å². The molecule has 0 spiro atoms. The number of aliphatic hydroxyl groups is 1. The summed E-state index contributed by atoms with van der Waals surface area (Å²) in [4.78, 5) is -0.388. The Bertz CT molecular complexity index is 655. The van der Waals surface area contributed by atoms with Gasteiger partial charge in [-0.05, 0) is 24.6 Å². The van der Waals surface area contributed by atoms with Crippen molar-refractivity contribution in [3.05, 3.63) is 24.3 Å². The van der Waals surface area contributed by atoms with Gasteiger partial charge >= 0.3 is 0 Å². The van der Waals surface area contributed by atoms with Crippen molar-refractivity contribution >= 4 is 20.0 Å². The number of hydrogen-bond acceptors (Lipinski definition) is 5. The minimum absolute atomic E-state index is 0.122. The maximum absolute atomic E-state index is 12.4. The smallest absolute Gasteiger partial charge is 0.243 e. The number of rotatable bonds is 7. The predicted molar refractivity (Wildman–Crippen MR) is 74.0 cm³/mol. The molecule has 0 unspecified atom stereocenters. The molecule has 0 aliphatic rings. The number of hydrogen-bond donors (Lipinski definition) is 2. The van der Waals surface area contributed by atoms with Gasteiger partial charge in [0.25, 0.3) is 0 Å². The molecule has 1 aromatic carbocycles. The fraction of sp³-hybridized carbons (Fsp3) is 0.455. The maximum atomic E-state index is 12.4. The molecule has 9 heteroatoms.